The Labute approximate surface area is 273 Å². The Hall–Kier alpha value is -4.70. The molecule has 10 heteroatoms. The fourth-order valence-corrected chi connectivity index (χ4v) is 8.22. The summed E-state index contributed by atoms with van der Waals surface area (Å²) in [7, 11) is 1.66. The molecule has 0 radical (unpaired) electrons. The van der Waals surface area contributed by atoms with Crippen LogP contribution in [0.4, 0.5) is 0 Å². The molecule has 5 aromatic rings. The van der Waals surface area contributed by atoms with Gasteiger partial charge in [-0.3, -0.25) is 9.59 Å². The highest BCUT2D eigenvalue weighted by atomic mass is 16.5. The van der Waals surface area contributed by atoms with Crippen molar-refractivity contribution in [3.8, 4) is 17.3 Å². The number of rotatable bonds is 8. The van der Waals surface area contributed by atoms with Crippen LogP contribution in [0.2, 0.25) is 0 Å². The minimum absolute atomic E-state index is 0.00921. The largest absolute Gasteiger partial charge is 0.494 e. The summed E-state index contributed by atoms with van der Waals surface area (Å²) in [5.41, 5.74) is 11.3. The number of carbonyl (C=O) groups excluding carboxylic acids is 2. The summed E-state index contributed by atoms with van der Waals surface area (Å²) in [5.74, 6) is 2.75. The zero-order valence-electron chi connectivity index (χ0n) is 26.6. The van der Waals surface area contributed by atoms with Crippen molar-refractivity contribution < 1.29 is 14.3 Å². The number of fused-ring (bicyclic) bond motifs is 4. The van der Waals surface area contributed by atoms with Crippen LogP contribution >= 0.6 is 0 Å². The van der Waals surface area contributed by atoms with Crippen molar-refractivity contribution in [2.75, 3.05) is 26.7 Å². The highest BCUT2D eigenvalue weighted by Crippen LogP contribution is 2.41. The fraction of sp³-hybridized carbons (Fsp3) is 0.405. The molecule has 2 aliphatic carbocycles. The maximum absolute atomic E-state index is 13.9. The first kappa shape index (κ1) is 28.5. The molecule has 2 amide bonds. The number of nitrogens with two attached hydrogens (primary N) is 1. The fourth-order valence-electron chi connectivity index (χ4n) is 8.22. The molecule has 2 aromatic carbocycles. The van der Waals surface area contributed by atoms with Crippen LogP contribution in [-0.2, 0) is 13.1 Å². The number of nitrogens with zero attached hydrogens (tertiary/aromatic N) is 6. The molecule has 3 aromatic heterocycles. The molecule has 9 rings (SSSR count). The molecule has 4 aliphatic rings. The standard InChI is InChI=1S/C37H39N7O3/c1-47-31-16-27(37(46)43-21-26-11-12-29(43)32(26)38)14-28-33(31)44(20-23-17-41(18-23)36(45)24-6-3-2-4-7-24)35(40-28)30-15-25-8-5-13-39-34(25)42(30)19-22-9-10-22/h2-8,13-16,22-23,26,29,32H,9-12,17-21,38H2,1H3/t26?,29?,32-/m1/s1. The van der Waals surface area contributed by atoms with E-state index in [1.807, 2.05) is 64.5 Å². The zero-order valence-corrected chi connectivity index (χ0v) is 26.6. The van der Waals surface area contributed by atoms with Crippen LogP contribution in [0.1, 0.15) is 46.4 Å². The van der Waals surface area contributed by atoms with E-state index in [1.54, 1.807) is 7.11 Å². The highest BCUT2D eigenvalue weighted by Gasteiger charge is 2.47. The summed E-state index contributed by atoms with van der Waals surface area (Å²) in [4.78, 5) is 41.0. The van der Waals surface area contributed by atoms with Crippen LogP contribution in [-0.4, -0.2) is 79.5 Å². The van der Waals surface area contributed by atoms with Crippen molar-refractivity contribution in [1.29, 1.82) is 0 Å². The second-order valence-electron chi connectivity index (χ2n) is 14.0. The molecule has 2 saturated heterocycles. The van der Waals surface area contributed by atoms with Gasteiger partial charge in [0.05, 0.1) is 18.3 Å². The van der Waals surface area contributed by atoms with E-state index < -0.39 is 0 Å². The Kier molecular flexibility index (Phi) is 6.64. The topological polar surface area (TPSA) is 112 Å². The molecule has 2 bridgehead atoms. The quantitative estimate of drug-likeness (QED) is 0.264. The highest BCUT2D eigenvalue weighted by molar-refractivity contribution is 6.00. The Morgan fingerprint density at radius 2 is 1.68 bits per heavy atom. The number of piperidine rings is 1. The van der Waals surface area contributed by atoms with Gasteiger partial charge in [-0.25, -0.2) is 9.97 Å². The van der Waals surface area contributed by atoms with Gasteiger partial charge in [-0.15, -0.1) is 0 Å². The van der Waals surface area contributed by atoms with Gasteiger partial charge in [-0.1, -0.05) is 18.2 Å². The predicted octanol–water partition coefficient (Wildman–Crippen LogP) is 4.81. The summed E-state index contributed by atoms with van der Waals surface area (Å²) < 4.78 is 10.6. The number of imidazole rings is 1. The first-order chi connectivity index (χ1) is 23.0. The minimum Gasteiger partial charge on any atom is -0.494 e. The Balaban J connectivity index is 1.13. The third-order valence-corrected chi connectivity index (χ3v) is 10.9. The number of carbonyl (C=O) groups is 2. The lowest BCUT2D eigenvalue weighted by atomic mass is 9.98. The average Bonchev–Trinajstić information content (AvgIpc) is 3.44. The van der Waals surface area contributed by atoms with E-state index in [0.717, 1.165) is 53.0 Å². The first-order valence-corrected chi connectivity index (χ1v) is 16.9. The maximum atomic E-state index is 13.9. The van der Waals surface area contributed by atoms with Crippen molar-refractivity contribution in [2.45, 2.75) is 50.9 Å². The van der Waals surface area contributed by atoms with Gasteiger partial charge in [-0.05, 0) is 80.0 Å². The summed E-state index contributed by atoms with van der Waals surface area (Å²) >= 11 is 0. The Bertz CT molecular complexity index is 2020. The van der Waals surface area contributed by atoms with Crippen LogP contribution in [0.5, 0.6) is 5.75 Å². The van der Waals surface area contributed by atoms with Gasteiger partial charge < -0.3 is 29.4 Å². The van der Waals surface area contributed by atoms with Gasteiger partial charge in [0.1, 0.15) is 16.9 Å². The van der Waals surface area contributed by atoms with E-state index in [4.69, 9.17) is 20.4 Å². The first-order valence-electron chi connectivity index (χ1n) is 16.9. The smallest absolute Gasteiger partial charge is 0.254 e. The summed E-state index contributed by atoms with van der Waals surface area (Å²) in [5, 5.41) is 1.08. The van der Waals surface area contributed by atoms with Crippen molar-refractivity contribution in [3.05, 3.63) is 78.0 Å². The molecule has 3 atom stereocenters. The lowest BCUT2D eigenvalue weighted by Crippen LogP contribution is -2.51. The SMILES string of the molecule is COc1cc(C(=O)N2CC3CCC2[C@@H]3N)cc2nc(-c3cc4cccnc4n3CC3CC3)n(CC3CN(C(=O)c4ccccc4)C3)c12. The number of likely N-dealkylation sites (tertiary alicyclic amines) is 2. The van der Waals surface area contributed by atoms with E-state index in [1.165, 1.54) is 12.8 Å². The number of amides is 2. The van der Waals surface area contributed by atoms with Crippen molar-refractivity contribution >= 4 is 33.9 Å². The van der Waals surface area contributed by atoms with Crippen LogP contribution < -0.4 is 10.5 Å². The normalized spacial score (nSPS) is 22.4. The zero-order chi connectivity index (χ0) is 31.8. The van der Waals surface area contributed by atoms with Crippen LogP contribution in [0, 0.1) is 17.8 Å². The molecule has 2 saturated carbocycles. The number of pyridine rings is 1. The number of hydrogen-bond acceptors (Lipinski definition) is 6. The van der Waals surface area contributed by atoms with Gasteiger partial charge in [-0.2, -0.15) is 0 Å². The maximum Gasteiger partial charge on any atom is 0.254 e. The molecule has 5 heterocycles. The van der Waals surface area contributed by atoms with E-state index in [2.05, 4.69) is 21.3 Å². The number of hydrogen-bond donors (Lipinski definition) is 1. The molecule has 2 N–H and O–H groups in total. The molecule has 10 nitrogen and oxygen atoms in total. The van der Waals surface area contributed by atoms with Crippen LogP contribution in [0.25, 0.3) is 33.6 Å². The molecule has 47 heavy (non-hydrogen) atoms. The van der Waals surface area contributed by atoms with Gasteiger partial charge in [0.15, 0.2) is 5.82 Å². The van der Waals surface area contributed by atoms with Gasteiger partial charge in [0, 0.05) is 73.4 Å². The monoisotopic (exact) mass is 629 g/mol. The second kappa shape index (κ2) is 10.9. The van der Waals surface area contributed by atoms with Gasteiger partial charge >= 0.3 is 0 Å². The molecule has 2 unspecified atom stereocenters. The number of aromatic nitrogens is 4. The molecule has 4 fully saturated rings. The second-order valence-corrected chi connectivity index (χ2v) is 14.0. The Morgan fingerprint density at radius 3 is 2.40 bits per heavy atom. The van der Waals surface area contributed by atoms with E-state index in [-0.39, 0.29) is 29.8 Å². The minimum atomic E-state index is -0.00921. The summed E-state index contributed by atoms with van der Waals surface area (Å²) in [6, 6.07) is 19.7. The average molecular weight is 630 g/mol. The number of benzene rings is 2. The molecule has 2 aliphatic heterocycles. The Morgan fingerprint density at radius 1 is 0.872 bits per heavy atom. The third-order valence-electron chi connectivity index (χ3n) is 10.9. The lowest BCUT2D eigenvalue weighted by molar-refractivity contribution is 0.0471. The molecular weight excluding hydrogens is 590 g/mol. The third kappa shape index (κ3) is 4.72. The molecule has 240 valence electrons. The van der Waals surface area contributed by atoms with Crippen molar-refractivity contribution in [1.82, 2.24) is 28.9 Å². The van der Waals surface area contributed by atoms with E-state index >= 15 is 0 Å². The van der Waals surface area contributed by atoms with E-state index in [0.29, 0.717) is 54.9 Å². The van der Waals surface area contributed by atoms with E-state index in [9.17, 15) is 9.59 Å². The van der Waals surface area contributed by atoms with Gasteiger partial charge in [0.2, 0.25) is 0 Å². The van der Waals surface area contributed by atoms with Crippen molar-refractivity contribution in [2.24, 2.45) is 23.5 Å². The number of ether oxygens (including phenoxy) is 1. The molecular formula is C37H39N7O3. The van der Waals surface area contributed by atoms with Gasteiger partial charge in [0.25, 0.3) is 11.8 Å². The summed E-state index contributed by atoms with van der Waals surface area (Å²) in [6.07, 6.45) is 6.34. The van der Waals surface area contributed by atoms with Crippen LogP contribution in [0.15, 0.2) is 66.9 Å². The van der Waals surface area contributed by atoms with Crippen molar-refractivity contribution in [3.63, 3.8) is 0 Å². The predicted molar refractivity (Wildman–Crippen MR) is 179 cm³/mol. The number of methoxy groups -OCH3 is 1. The molecule has 0 spiro atoms. The van der Waals surface area contributed by atoms with Crippen LogP contribution in [0.3, 0.4) is 0 Å². The lowest BCUT2D eigenvalue weighted by Gasteiger charge is -2.39. The summed E-state index contributed by atoms with van der Waals surface area (Å²) in [6.45, 7) is 3.59.